The highest BCUT2D eigenvalue weighted by Crippen LogP contribution is 2.28. The number of nitrogens with two attached hydrogens (primary N) is 1. The number of piperidine rings is 1. The van der Waals surface area contributed by atoms with Crippen molar-refractivity contribution in [3.8, 4) is 0 Å². The second-order valence-corrected chi connectivity index (χ2v) is 5.73. The van der Waals surface area contributed by atoms with E-state index in [1.807, 2.05) is 0 Å². The molecule has 2 aliphatic heterocycles. The Balaban J connectivity index is 0.00000208. The predicted octanol–water partition coefficient (Wildman–Crippen LogP) is -0.468. The van der Waals surface area contributed by atoms with Gasteiger partial charge in [-0.25, -0.2) is 0 Å². The normalized spacial score (nSPS) is 21.0. The molecule has 2 fully saturated rings. The fourth-order valence-electron chi connectivity index (χ4n) is 2.99. The summed E-state index contributed by atoms with van der Waals surface area (Å²) in [6.45, 7) is 3.36. The average Bonchev–Trinajstić information content (AvgIpc) is 2.55. The molecule has 9 heteroatoms. The van der Waals surface area contributed by atoms with Gasteiger partial charge in [0.05, 0.1) is 29.1 Å². The van der Waals surface area contributed by atoms with Crippen LogP contribution in [0.25, 0.3) is 0 Å². The maximum Gasteiger partial charge on any atom is 0.250 e. The Hall–Kier alpha value is -2.19. The summed E-state index contributed by atoms with van der Waals surface area (Å²) in [5, 5.41) is 5.54. The first-order chi connectivity index (χ1) is 11.1. The van der Waals surface area contributed by atoms with Crippen LogP contribution >= 0.6 is 12.4 Å². The molecule has 130 valence electrons. The maximum absolute atomic E-state index is 12.0. The molecule has 3 amide bonds. The molecular formula is C15H20ClN5O3. The van der Waals surface area contributed by atoms with E-state index in [0.29, 0.717) is 12.1 Å². The third-order valence-corrected chi connectivity index (χ3v) is 4.22. The topological polar surface area (TPSA) is 117 Å². The predicted molar refractivity (Wildman–Crippen MR) is 90.2 cm³/mol. The van der Waals surface area contributed by atoms with E-state index in [0.717, 1.165) is 31.9 Å². The van der Waals surface area contributed by atoms with E-state index in [1.54, 1.807) is 12.3 Å². The van der Waals surface area contributed by atoms with Crippen LogP contribution in [0.2, 0.25) is 0 Å². The van der Waals surface area contributed by atoms with Crippen molar-refractivity contribution in [2.75, 3.05) is 31.1 Å². The van der Waals surface area contributed by atoms with E-state index in [2.05, 4.69) is 20.5 Å². The van der Waals surface area contributed by atoms with Crippen LogP contribution < -0.4 is 21.3 Å². The van der Waals surface area contributed by atoms with E-state index in [4.69, 9.17) is 5.73 Å². The summed E-state index contributed by atoms with van der Waals surface area (Å²) in [4.78, 5) is 41.6. The number of imide groups is 1. The van der Waals surface area contributed by atoms with Gasteiger partial charge in [0.25, 0.3) is 5.91 Å². The highest BCUT2D eigenvalue weighted by atomic mass is 35.5. The minimum Gasteiger partial charge on any atom is -0.368 e. The highest BCUT2D eigenvalue weighted by Gasteiger charge is 2.32. The van der Waals surface area contributed by atoms with Crippen LogP contribution in [0.3, 0.4) is 0 Å². The number of rotatable bonds is 3. The smallest absolute Gasteiger partial charge is 0.250 e. The maximum atomic E-state index is 12.0. The molecule has 1 atom stereocenters. The van der Waals surface area contributed by atoms with Gasteiger partial charge in [0.2, 0.25) is 11.8 Å². The van der Waals surface area contributed by atoms with E-state index >= 15 is 0 Å². The van der Waals surface area contributed by atoms with Gasteiger partial charge in [0.15, 0.2) is 0 Å². The molecule has 1 aromatic heterocycles. The molecule has 0 spiro atoms. The Bertz CT molecular complexity index is 661. The fourth-order valence-corrected chi connectivity index (χ4v) is 2.99. The van der Waals surface area contributed by atoms with Crippen molar-refractivity contribution in [3.63, 3.8) is 0 Å². The zero-order chi connectivity index (χ0) is 16.4. The van der Waals surface area contributed by atoms with Crippen LogP contribution in [-0.2, 0) is 9.59 Å². The van der Waals surface area contributed by atoms with Gasteiger partial charge in [0, 0.05) is 32.6 Å². The second kappa shape index (κ2) is 7.59. The van der Waals surface area contributed by atoms with Crippen molar-refractivity contribution in [2.24, 2.45) is 5.73 Å². The highest BCUT2D eigenvalue weighted by molar-refractivity contribution is 6.03. The number of halogens is 1. The molecule has 0 aromatic carbocycles. The summed E-state index contributed by atoms with van der Waals surface area (Å²) in [7, 11) is 0. The van der Waals surface area contributed by atoms with Gasteiger partial charge in [0.1, 0.15) is 0 Å². The summed E-state index contributed by atoms with van der Waals surface area (Å²) in [5.41, 5.74) is 6.89. The fraction of sp³-hybridized carbons (Fsp3) is 0.467. The lowest BCUT2D eigenvalue weighted by Gasteiger charge is -2.30. The number of hydrogen-bond donors (Lipinski definition) is 3. The zero-order valence-electron chi connectivity index (χ0n) is 13.1. The Morgan fingerprint density at radius 2 is 2.00 bits per heavy atom. The van der Waals surface area contributed by atoms with Crippen LogP contribution in [0.1, 0.15) is 34.8 Å². The molecule has 3 heterocycles. The monoisotopic (exact) mass is 353 g/mol. The van der Waals surface area contributed by atoms with Crippen molar-refractivity contribution in [1.29, 1.82) is 0 Å². The molecule has 1 unspecified atom stereocenters. The number of carbonyl (C=O) groups excluding carboxylic acids is 3. The van der Waals surface area contributed by atoms with Gasteiger partial charge in [-0.3, -0.25) is 24.7 Å². The number of pyridine rings is 1. The van der Waals surface area contributed by atoms with Gasteiger partial charge in [-0.05, 0) is 12.5 Å². The first kappa shape index (κ1) is 18.2. The summed E-state index contributed by atoms with van der Waals surface area (Å²) < 4.78 is 0. The number of anilines is 1. The van der Waals surface area contributed by atoms with Crippen LogP contribution in [0, 0.1) is 0 Å². The van der Waals surface area contributed by atoms with E-state index in [-0.39, 0.29) is 30.3 Å². The van der Waals surface area contributed by atoms with Crippen LogP contribution in [0.5, 0.6) is 0 Å². The largest absolute Gasteiger partial charge is 0.368 e. The molecule has 8 nitrogen and oxygen atoms in total. The third kappa shape index (κ3) is 3.65. The molecule has 0 aliphatic carbocycles. The lowest BCUT2D eigenvalue weighted by molar-refractivity contribution is -0.134. The SMILES string of the molecule is Cl.NC(=O)c1cc(N2CCNCC2)cnc1C1CCC(=O)NC1=O. The minimum absolute atomic E-state index is 0. The van der Waals surface area contributed by atoms with Crippen LogP contribution in [0.4, 0.5) is 5.69 Å². The molecule has 2 saturated heterocycles. The van der Waals surface area contributed by atoms with Crippen molar-refractivity contribution < 1.29 is 14.4 Å². The summed E-state index contributed by atoms with van der Waals surface area (Å²) >= 11 is 0. The second-order valence-electron chi connectivity index (χ2n) is 5.73. The number of hydrogen-bond acceptors (Lipinski definition) is 6. The van der Waals surface area contributed by atoms with Crippen molar-refractivity contribution >= 4 is 35.8 Å². The number of piperazine rings is 1. The Kier molecular flexibility index (Phi) is 5.74. The number of primary amides is 1. The molecule has 0 bridgehead atoms. The first-order valence-electron chi connectivity index (χ1n) is 7.65. The summed E-state index contributed by atoms with van der Waals surface area (Å²) in [6.07, 6.45) is 2.23. The molecule has 4 N–H and O–H groups in total. The van der Waals surface area contributed by atoms with Crippen molar-refractivity contribution in [1.82, 2.24) is 15.6 Å². The van der Waals surface area contributed by atoms with E-state index < -0.39 is 17.7 Å². The molecule has 1 aromatic rings. The molecule has 3 rings (SSSR count). The van der Waals surface area contributed by atoms with Crippen molar-refractivity contribution in [3.05, 3.63) is 23.5 Å². The van der Waals surface area contributed by atoms with Gasteiger partial charge < -0.3 is 16.0 Å². The van der Waals surface area contributed by atoms with Gasteiger partial charge in [-0.15, -0.1) is 12.4 Å². The zero-order valence-corrected chi connectivity index (χ0v) is 13.9. The average molecular weight is 354 g/mol. The van der Waals surface area contributed by atoms with E-state index in [9.17, 15) is 14.4 Å². The van der Waals surface area contributed by atoms with Crippen molar-refractivity contribution in [2.45, 2.75) is 18.8 Å². The van der Waals surface area contributed by atoms with Gasteiger partial charge >= 0.3 is 0 Å². The van der Waals surface area contributed by atoms with Crippen LogP contribution in [-0.4, -0.2) is 48.9 Å². The number of nitrogens with zero attached hydrogens (tertiary/aromatic N) is 2. The molecular weight excluding hydrogens is 334 g/mol. The van der Waals surface area contributed by atoms with Crippen LogP contribution in [0.15, 0.2) is 12.3 Å². The molecule has 0 radical (unpaired) electrons. The molecule has 2 aliphatic rings. The number of amides is 3. The third-order valence-electron chi connectivity index (χ3n) is 4.22. The van der Waals surface area contributed by atoms with E-state index in [1.165, 1.54) is 0 Å². The molecule has 24 heavy (non-hydrogen) atoms. The Morgan fingerprint density at radius 3 is 2.62 bits per heavy atom. The quantitative estimate of drug-likeness (QED) is 0.632. The van der Waals surface area contributed by atoms with Gasteiger partial charge in [-0.1, -0.05) is 0 Å². The van der Waals surface area contributed by atoms with Gasteiger partial charge in [-0.2, -0.15) is 0 Å². The number of carbonyl (C=O) groups is 3. The standard InChI is InChI=1S/C15H19N5O3.ClH/c16-14(22)11-7-9(20-5-3-17-4-6-20)8-18-13(11)10-1-2-12(21)19-15(10)23;/h7-8,10,17H,1-6H2,(H2,16,22)(H,19,21,23);1H. The molecule has 0 saturated carbocycles. The lowest BCUT2D eigenvalue weighted by Crippen LogP contribution is -2.44. The number of aromatic nitrogens is 1. The summed E-state index contributed by atoms with van der Waals surface area (Å²) in [6, 6.07) is 1.69. The Labute approximate surface area is 145 Å². The summed E-state index contributed by atoms with van der Waals surface area (Å²) in [5.74, 6) is -1.96. The number of nitrogens with one attached hydrogen (secondary N) is 2. The minimum atomic E-state index is -0.618. The lowest BCUT2D eigenvalue weighted by atomic mass is 9.91. The first-order valence-corrected chi connectivity index (χ1v) is 7.65. The Morgan fingerprint density at radius 1 is 1.29 bits per heavy atom.